The monoisotopic (exact) mass is 1060 g/mol. The summed E-state index contributed by atoms with van der Waals surface area (Å²) in [5, 5.41) is 4.87. The third-order valence-electron chi connectivity index (χ3n) is 20.4. The fraction of sp³-hybridized carbons (Fsp3) is 0.368. The number of hydrogen-bond acceptors (Lipinski definition) is 3. The van der Waals surface area contributed by atoms with Gasteiger partial charge in [-0.15, -0.1) is 0 Å². The Bertz CT molecular complexity index is 4210. The van der Waals surface area contributed by atoms with Crippen molar-refractivity contribution in [1.29, 1.82) is 0 Å². The van der Waals surface area contributed by atoms with Gasteiger partial charge in [0, 0.05) is 66.8 Å². The van der Waals surface area contributed by atoms with Gasteiger partial charge in [-0.25, -0.2) is 0 Å². The first-order valence-corrected chi connectivity index (χ1v) is 30.3. The largest absolute Gasteiger partial charge is 0.455 e. The molecule has 81 heavy (non-hydrogen) atoms. The first-order valence-electron chi connectivity index (χ1n) is 30.3. The molecular weight excluding hydrogens is 982 g/mol. The highest BCUT2D eigenvalue weighted by molar-refractivity contribution is 6.94. The van der Waals surface area contributed by atoms with E-state index in [9.17, 15) is 0 Å². The number of benzene rings is 8. The van der Waals surface area contributed by atoms with Crippen LogP contribution in [0.4, 0.5) is 28.4 Å². The van der Waals surface area contributed by atoms with E-state index >= 15 is 0 Å². The number of anilines is 5. The lowest BCUT2D eigenvalue weighted by molar-refractivity contribution is 0.332. The Kier molecular flexibility index (Phi) is 10.8. The number of fused-ring (bicyclic) bond motifs is 15. The topological polar surface area (TPSA) is 24.6 Å². The zero-order valence-electron chi connectivity index (χ0n) is 51.4. The molecule has 0 fully saturated rings. The molecule has 4 heterocycles. The number of furan rings is 1. The van der Waals surface area contributed by atoms with E-state index in [1.807, 2.05) is 0 Å². The van der Waals surface area contributed by atoms with Crippen molar-refractivity contribution in [1.82, 2.24) is 4.57 Å². The van der Waals surface area contributed by atoms with Gasteiger partial charge in [0.2, 0.25) is 0 Å². The van der Waals surface area contributed by atoms with Crippen molar-refractivity contribution in [2.45, 2.75) is 181 Å². The lowest BCUT2D eigenvalue weighted by Crippen LogP contribution is -2.61. The van der Waals surface area contributed by atoms with Gasteiger partial charge in [-0.3, -0.25) is 0 Å². The Morgan fingerprint density at radius 3 is 1.47 bits per heavy atom. The minimum Gasteiger partial charge on any atom is -0.455 e. The van der Waals surface area contributed by atoms with Crippen LogP contribution in [0.3, 0.4) is 0 Å². The van der Waals surface area contributed by atoms with Crippen molar-refractivity contribution in [2.24, 2.45) is 0 Å². The molecule has 0 amide bonds. The highest BCUT2D eigenvalue weighted by Gasteiger charge is 2.50. The van der Waals surface area contributed by atoms with E-state index in [-0.39, 0.29) is 44.8 Å². The fourth-order valence-corrected chi connectivity index (χ4v) is 15.1. The molecule has 0 radical (unpaired) electrons. The predicted octanol–water partition coefficient (Wildman–Crippen LogP) is 20.0. The summed E-state index contributed by atoms with van der Waals surface area (Å²) in [6, 6.07) is 55.1. The van der Waals surface area contributed by atoms with E-state index in [0.717, 1.165) is 59.3 Å². The Balaban J connectivity index is 1.17. The van der Waals surface area contributed by atoms with Gasteiger partial charge >= 0.3 is 6.85 Å². The molecule has 2 aliphatic carbocycles. The van der Waals surface area contributed by atoms with E-state index < -0.39 is 0 Å². The maximum absolute atomic E-state index is 7.52. The normalized spacial score (nSPS) is 17.6. The predicted molar refractivity (Wildman–Crippen MR) is 348 cm³/mol. The lowest BCUT2D eigenvalue weighted by Gasteiger charge is -2.47. The molecule has 2 aromatic heterocycles. The van der Waals surface area contributed by atoms with Crippen molar-refractivity contribution >= 4 is 90.0 Å². The lowest BCUT2D eigenvalue weighted by atomic mass is 9.43. The minimum absolute atomic E-state index is 0.000978. The number of aromatic nitrogens is 1. The summed E-state index contributed by atoms with van der Waals surface area (Å²) in [6.07, 6.45) is 4.55. The molecule has 14 rings (SSSR count). The highest BCUT2D eigenvalue weighted by atomic mass is 16.3. The van der Waals surface area contributed by atoms with Crippen LogP contribution in [0.1, 0.15) is 182 Å². The van der Waals surface area contributed by atoms with Gasteiger partial charge in [-0.05, 0) is 186 Å². The number of para-hydroxylation sites is 1. The Hall–Kier alpha value is -6.98. The molecule has 10 aromatic rings. The third-order valence-corrected chi connectivity index (χ3v) is 20.4. The molecule has 0 unspecified atom stereocenters. The van der Waals surface area contributed by atoms with Crippen LogP contribution in [-0.2, 0) is 37.9 Å². The molecule has 8 aromatic carbocycles. The molecule has 4 nitrogen and oxygen atoms in total. The van der Waals surface area contributed by atoms with E-state index in [2.05, 4.69) is 272 Å². The smallest absolute Gasteiger partial charge is 0.333 e. The molecule has 0 atom stereocenters. The first-order chi connectivity index (χ1) is 38.0. The standard InChI is InChI=1S/C76H82BN3O/c1-70(2,3)45-22-28-48(29-23-45)78(49-30-24-46(25-31-49)71(4,5)6)51-34-35-52-60(40-51)79-62-44-58-56(74(12,13)37-39-76(58,16)17)42-59(62)77-67-66(69-65(64(52)68(67)79)53-20-18-19-21-63(53)81-69)54-41-55-57(75(14,15)38-36-73(55,10)11)43-61(54)80(77)50-32-26-47(27-33-50)72(7,8)9/h18-35,40-44H,36-39H2,1-17H3. The summed E-state index contributed by atoms with van der Waals surface area (Å²) in [5.74, 6) is 0. The Labute approximate surface area is 482 Å². The molecule has 0 spiro atoms. The summed E-state index contributed by atoms with van der Waals surface area (Å²) in [6.45, 7) is 40.5. The molecule has 4 aliphatic rings. The molecular formula is C76H82BN3O. The molecule has 0 saturated heterocycles. The van der Waals surface area contributed by atoms with Gasteiger partial charge in [0.15, 0.2) is 0 Å². The molecule has 5 heteroatoms. The summed E-state index contributed by atoms with van der Waals surface area (Å²) in [4.78, 5) is 5.26. The second kappa shape index (κ2) is 16.8. The van der Waals surface area contributed by atoms with Gasteiger partial charge < -0.3 is 18.7 Å². The van der Waals surface area contributed by atoms with Gasteiger partial charge in [-0.2, -0.15) is 0 Å². The summed E-state index contributed by atoms with van der Waals surface area (Å²) in [5.41, 5.74) is 26.6. The summed E-state index contributed by atoms with van der Waals surface area (Å²) >= 11 is 0. The third kappa shape index (κ3) is 7.68. The zero-order chi connectivity index (χ0) is 57.0. The van der Waals surface area contributed by atoms with Crippen LogP contribution in [0.2, 0.25) is 0 Å². The maximum atomic E-state index is 7.52. The van der Waals surface area contributed by atoms with E-state index in [0.29, 0.717) is 0 Å². The first kappa shape index (κ1) is 52.1. The van der Waals surface area contributed by atoms with Crippen LogP contribution < -0.4 is 20.6 Å². The second-order valence-electron chi connectivity index (χ2n) is 30.8. The van der Waals surface area contributed by atoms with Gasteiger partial charge in [0.1, 0.15) is 11.2 Å². The maximum Gasteiger partial charge on any atom is 0.333 e. The van der Waals surface area contributed by atoms with Gasteiger partial charge in [-0.1, -0.05) is 184 Å². The molecule has 0 saturated carbocycles. The number of hydrogen-bond donors (Lipinski definition) is 0. The van der Waals surface area contributed by atoms with Crippen molar-refractivity contribution in [3.05, 3.63) is 178 Å². The van der Waals surface area contributed by atoms with E-state index in [1.54, 1.807) is 0 Å². The molecule has 0 N–H and O–H groups in total. The second-order valence-corrected chi connectivity index (χ2v) is 30.8. The van der Waals surface area contributed by atoms with E-state index in [1.165, 1.54) is 105 Å². The van der Waals surface area contributed by atoms with Gasteiger partial charge in [0.05, 0.1) is 11.0 Å². The van der Waals surface area contributed by atoms with E-state index in [4.69, 9.17) is 4.42 Å². The molecule has 0 bridgehead atoms. The van der Waals surface area contributed by atoms with Crippen LogP contribution in [0, 0.1) is 0 Å². The average Bonchev–Trinajstić information content (AvgIpc) is 2.50. The van der Waals surface area contributed by atoms with Crippen LogP contribution >= 0.6 is 0 Å². The zero-order valence-corrected chi connectivity index (χ0v) is 51.4. The number of rotatable bonds is 4. The van der Waals surface area contributed by atoms with Crippen LogP contribution in [0.25, 0.3) is 60.6 Å². The summed E-state index contributed by atoms with van der Waals surface area (Å²) in [7, 11) is 0. The van der Waals surface area contributed by atoms with Crippen LogP contribution in [-0.4, -0.2) is 11.4 Å². The highest BCUT2D eigenvalue weighted by Crippen LogP contribution is 2.57. The quantitative estimate of drug-likeness (QED) is 0.164. The van der Waals surface area contributed by atoms with Crippen molar-refractivity contribution in [2.75, 3.05) is 9.71 Å². The van der Waals surface area contributed by atoms with Crippen molar-refractivity contribution < 1.29 is 4.42 Å². The van der Waals surface area contributed by atoms with Crippen molar-refractivity contribution in [3.63, 3.8) is 0 Å². The molecule has 410 valence electrons. The minimum atomic E-state index is -0.164. The Morgan fingerprint density at radius 1 is 0.469 bits per heavy atom. The Morgan fingerprint density at radius 2 is 0.938 bits per heavy atom. The SMILES string of the molecule is CC(C)(C)c1ccc(N2B3c4cc5c(cc4-n4c6cc(N(c7ccc(C(C)(C)C)cc7)c7ccc(C(C)(C)C)cc7)ccc6c6c7c(oc8ccccc87)c(c3c64)-c3cc4c(cc32)C(C)(C)CCC4(C)C)C(C)(C)CCC5(C)C)cc1. The fourth-order valence-electron chi connectivity index (χ4n) is 15.1. The van der Waals surface area contributed by atoms with Crippen LogP contribution in [0.15, 0.2) is 144 Å². The number of nitrogens with zero attached hydrogens (tertiary/aromatic N) is 3. The summed E-state index contributed by atoms with van der Waals surface area (Å²) < 4.78 is 10.3. The van der Waals surface area contributed by atoms with Crippen LogP contribution in [0.5, 0.6) is 0 Å². The molecule has 2 aliphatic heterocycles. The van der Waals surface area contributed by atoms with Crippen molar-refractivity contribution in [3.8, 4) is 16.8 Å². The average molecular weight is 1060 g/mol. The van der Waals surface area contributed by atoms with Gasteiger partial charge in [0.25, 0.3) is 0 Å².